The van der Waals surface area contributed by atoms with E-state index in [0.29, 0.717) is 5.11 Å². The third-order valence-electron chi connectivity index (χ3n) is 3.35. The van der Waals surface area contributed by atoms with Crippen molar-refractivity contribution in [2.75, 3.05) is 12.4 Å². The van der Waals surface area contributed by atoms with E-state index in [2.05, 4.69) is 37.4 Å². The van der Waals surface area contributed by atoms with E-state index >= 15 is 0 Å². The average Bonchev–Trinajstić information content (AvgIpc) is 2.44. The summed E-state index contributed by atoms with van der Waals surface area (Å²) in [5, 5.41) is 3.72. The van der Waals surface area contributed by atoms with Crippen molar-refractivity contribution in [1.29, 1.82) is 0 Å². The van der Waals surface area contributed by atoms with Gasteiger partial charge in [0, 0.05) is 19.3 Å². The Balaban J connectivity index is 2.00. The van der Waals surface area contributed by atoms with Crippen LogP contribution in [-0.2, 0) is 6.54 Å². The van der Waals surface area contributed by atoms with Crippen molar-refractivity contribution in [3.63, 3.8) is 0 Å². The number of hydrogen-bond acceptors (Lipinski definition) is 1. The Morgan fingerprint density at radius 3 is 2.43 bits per heavy atom. The summed E-state index contributed by atoms with van der Waals surface area (Å²) in [4.78, 5) is 1.97. The van der Waals surface area contributed by atoms with Crippen LogP contribution in [0.25, 0.3) is 0 Å². The van der Waals surface area contributed by atoms with E-state index in [0.717, 1.165) is 12.2 Å². The summed E-state index contributed by atoms with van der Waals surface area (Å²) in [6.07, 6.45) is 0. The van der Waals surface area contributed by atoms with Crippen LogP contribution >= 0.6 is 12.2 Å². The van der Waals surface area contributed by atoms with Crippen LogP contribution in [0.15, 0.2) is 42.5 Å². The molecular formula is C17H19FN2S. The molecule has 0 unspecified atom stereocenters. The van der Waals surface area contributed by atoms with Crippen LogP contribution in [0.5, 0.6) is 0 Å². The maximum atomic E-state index is 12.9. The van der Waals surface area contributed by atoms with Gasteiger partial charge in [-0.2, -0.15) is 0 Å². The molecule has 0 spiro atoms. The zero-order valence-electron chi connectivity index (χ0n) is 12.5. The zero-order chi connectivity index (χ0) is 15.4. The number of thiocarbonyl (C=S) groups is 1. The molecule has 0 aliphatic heterocycles. The Morgan fingerprint density at radius 2 is 1.81 bits per heavy atom. The SMILES string of the molecule is Cc1ccc(CN(C)C(=S)Nc2ccc(F)cc2)c(C)c1. The molecule has 0 aliphatic rings. The molecular weight excluding hydrogens is 283 g/mol. The van der Waals surface area contributed by atoms with Crippen molar-refractivity contribution in [3.8, 4) is 0 Å². The highest BCUT2D eigenvalue weighted by molar-refractivity contribution is 7.80. The van der Waals surface area contributed by atoms with Gasteiger partial charge >= 0.3 is 0 Å². The number of nitrogens with one attached hydrogen (secondary N) is 1. The van der Waals surface area contributed by atoms with Gasteiger partial charge in [-0.3, -0.25) is 0 Å². The van der Waals surface area contributed by atoms with Crippen molar-refractivity contribution in [1.82, 2.24) is 4.90 Å². The molecule has 0 saturated heterocycles. The summed E-state index contributed by atoms with van der Waals surface area (Å²) in [6, 6.07) is 12.6. The lowest BCUT2D eigenvalue weighted by Gasteiger charge is -2.22. The number of aryl methyl sites for hydroxylation is 2. The largest absolute Gasteiger partial charge is 0.348 e. The molecule has 2 aromatic rings. The molecule has 1 N–H and O–H groups in total. The van der Waals surface area contributed by atoms with Crippen LogP contribution in [0.1, 0.15) is 16.7 Å². The van der Waals surface area contributed by atoms with Crippen molar-refractivity contribution < 1.29 is 4.39 Å². The van der Waals surface area contributed by atoms with Gasteiger partial charge in [-0.1, -0.05) is 23.8 Å². The number of rotatable bonds is 3. The first-order valence-electron chi connectivity index (χ1n) is 6.79. The number of anilines is 1. The summed E-state index contributed by atoms with van der Waals surface area (Å²) < 4.78 is 12.9. The number of nitrogens with zero attached hydrogens (tertiary/aromatic N) is 1. The summed E-state index contributed by atoms with van der Waals surface area (Å²) in [5.74, 6) is -0.255. The van der Waals surface area contributed by atoms with E-state index in [1.807, 2.05) is 11.9 Å². The van der Waals surface area contributed by atoms with Crippen LogP contribution in [-0.4, -0.2) is 17.1 Å². The van der Waals surface area contributed by atoms with Gasteiger partial charge in [-0.25, -0.2) is 4.39 Å². The fourth-order valence-corrected chi connectivity index (χ4v) is 2.29. The van der Waals surface area contributed by atoms with E-state index in [1.54, 1.807) is 12.1 Å². The molecule has 110 valence electrons. The second-order valence-electron chi connectivity index (χ2n) is 5.22. The maximum absolute atomic E-state index is 12.9. The van der Waals surface area contributed by atoms with E-state index in [1.165, 1.54) is 28.8 Å². The van der Waals surface area contributed by atoms with Gasteiger partial charge in [-0.05, 0) is 61.5 Å². The quantitative estimate of drug-likeness (QED) is 0.852. The minimum absolute atomic E-state index is 0.255. The molecule has 0 heterocycles. The highest BCUT2D eigenvalue weighted by Crippen LogP contribution is 2.14. The molecule has 2 nitrogen and oxygen atoms in total. The van der Waals surface area contributed by atoms with E-state index in [-0.39, 0.29) is 5.82 Å². The van der Waals surface area contributed by atoms with Crippen LogP contribution in [0, 0.1) is 19.7 Å². The first kappa shape index (κ1) is 15.4. The fourth-order valence-electron chi connectivity index (χ4n) is 2.10. The lowest BCUT2D eigenvalue weighted by molar-refractivity contribution is 0.507. The molecule has 0 bridgehead atoms. The second-order valence-corrected chi connectivity index (χ2v) is 5.61. The molecule has 0 aliphatic carbocycles. The summed E-state index contributed by atoms with van der Waals surface area (Å²) in [6.45, 7) is 4.92. The van der Waals surface area contributed by atoms with Crippen LogP contribution < -0.4 is 5.32 Å². The molecule has 0 saturated carbocycles. The summed E-state index contributed by atoms with van der Waals surface area (Å²) in [7, 11) is 1.94. The Labute approximate surface area is 130 Å². The highest BCUT2D eigenvalue weighted by atomic mass is 32.1. The topological polar surface area (TPSA) is 15.3 Å². The third-order valence-corrected chi connectivity index (χ3v) is 3.76. The molecule has 0 atom stereocenters. The smallest absolute Gasteiger partial charge is 0.173 e. The van der Waals surface area contributed by atoms with Crippen molar-refractivity contribution in [2.24, 2.45) is 0 Å². The van der Waals surface area contributed by atoms with Gasteiger partial charge in [0.2, 0.25) is 0 Å². The van der Waals surface area contributed by atoms with Crippen molar-refractivity contribution in [3.05, 3.63) is 65.0 Å². The van der Waals surface area contributed by atoms with E-state index < -0.39 is 0 Å². The van der Waals surface area contributed by atoms with Gasteiger partial charge in [0.05, 0.1) is 0 Å². The highest BCUT2D eigenvalue weighted by Gasteiger charge is 2.07. The first-order chi connectivity index (χ1) is 9.95. The Bertz CT molecular complexity index is 638. The number of benzene rings is 2. The lowest BCUT2D eigenvalue weighted by Crippen LogP contribution is -2.30. The molecule has 0 aromatic heterocycles. The zero-order valence-corrected chi connectivity index (χ0v) is 13.3. The van der Waals surface area contributed by atoms with Crippen molar-refractivity contribution >= 4 is 23.0 Å². The van der Waals surface area contributed by atoms with Crippen LogP contribution in [0.4, 0.5) is 10.1 Å². The minimum Gasteiger partial charge on any atom is -0.348 e. The Morgan fingerprint density at radius 1 is 1.14 bits per heavy atom. The van der Waals surface area contributed by atoms with Gasteiger partial charge in [0.25, 0.3) is 0 Å². The molecule has 0 fully saturated rings. The van der Waals surface area contributed by atoms with E-state index in [4.69, 9.17) is 12.2 Å². The fraction of sp³-hybridized carbons (Fsp3) is 0.235. The molecule has 21 heavy (non-hydrogen) atoms. The second kappa shape index (κ2) is 6.68. The summed E-state index contributed by atoms with van der Waals surface area (Å²) in [5.41, 5.74) is 4.54. The predicted molar refractivity (Wildman–Crippen MR) is 90.0 cm³/mol. The molecule has 2 aromatic carbocycles. The molecule has 4 heteroatoms. The molecule has 0 amide bonds. The lowest BCUT2D eigenvalue weighted by atomic mass is 10.1. The van der Waals surface area contributed by atoms with Crippen LogP contribution in [0.3, 0.4) is 0 Å². The van der Waals surface area contributed by atoms with Gasteiger partial charge < -0.3 is 10.2 Å². The summed E-state index contributed by atoms with van der Waals surface area (Å²) >= 11 is 5.38. The van der Waals surface area contributed by atoms with Crippen molar-refractivity contribution in [2.45, 2.75) is 20.4 Å². The first-order valence-corrected chi connectivity index (χ1v) is 7.20. The maximum Gasteiger partial charge on any atom is 0.173 e. The molecule has 2 rings (SSSR count). The minimum atomic E-state index is -0.255. The standard InChI is InChI=1S/C17H19FN2S/c1-12-4-5-14(13(2)10-12)11-20(3)17(21)19-16-8-6-15(18)7-9-16/h4-10H,11H2,1-3H3,(H,19,21). The number of hydrogen-bond donors (Lipinski definition) is 1. The van der Waals surface area contributed by atoms with Gasteiger partial charge in [0.15, 0.2) is 5.11 Å². The van der Waals surface area contributed by atoms with Crippen LogP contribution in [0.2, 0.25) is 0 Å². The van der Waals surface area contributed by atoms with Gasteiger partial charge in [0.1, 0.15) is 5.82 Å². The Kier molecular flexibility index (Phi) is 4.91. The van der Waals surface area contributed by atoms with Gasteiger partial charge in [-0.15, -0.1) is 0 Å². The average molecular weight is 302 g/mol. The monoisotopic (exact) mass is 302 g/mol. The normalized spacial score (nSPS) is 10.3. The number of halogens is 1. The third kappa shape index (κ3) is 4.26. The predicted octanol–water partition coefficient (Wildman–Crippen LogP) is 4.27. The van der Waals surface area contributed by atoms with E-state index in [9.17, 15) is 4.39 Å². The molecule has 0 radical (unpaired) electrons. The Hall–Kier alpha value is -1.94.